The van der Waals surface area contributed by atoms with Gasteiger partial charge in [0, 0.05) is 16.6 Å². The molecule has 0 unspecified atom stereocenters. The molecule has 0 fully saturated rings. The minimum atomic E-state index is 0.224. The predicted molar refractivity (Wildman–Crippen MR) is 97.1 cm³/mol. The summed E-state index contributed by atoms with van der Waals surface area (Å²) < 4.78 is 16.6. The van der Waals surface area contributed by atoms with Crippen molar-refractivity contribution < 1.29 is 13.9 Å². The molecule has 1 atom stereocenters. The Bertz CT molecular complexity index is 949. The molecule has 2 aliphatic rings. The van der Waals surface area contributed by atoms with E-state index in [2.05, 4.69) is 24.3 Å². The van der Waals surface area contributed by atoms with E-state index in [1.165, 1.54) is 10.5 Å². The number of hydrogen-bond donors (Lipinski definition) is 0. The summed E-state index contributed by atoms with van der Waals surface area (Å²) in [4.78, 5) is 6.05. The van der Waals surface area contributed by atoms with Gasteiger partial charge in [0.25, 0.3) is 0 Å². The van der Waals surface area contributed by atoms with E-state index in [4.69, 9.17) is 18.9 Å². The molecule has 0 saturated carbocycles. The summed E-state index contributed by atoms with van der Waals surface area (Å²) in [6, 6.07) is 18.3. The first kappa shape index (κ1) is 14.7. The summed E-state index contributed by atoms with van der Waals surface area (Å²) in [6.45, 7) is 0.290. The van der Waals surface area contributed by atoms with Gasteiger partial charge in [-0.05, 0) is 42.0 Å². The number of fused-ring (bicyclic) bond motifs is 2. The average Bonchev–Trinajstić information content (AvgIpc) is 3.29. The summed E-state index contributed by atoms with van der Waals surface area (Å²) >= 11 is 1.82. The predicted octanol–water partition coefficient (Wildman–Crippen LogP) is 5.37. The van der Waals surface area contributed by atoms with E-state index >= 15 is 0 Å². The Balaban J connectivity index is 1.58. The van der Waals surface area contributed by atoms with Crippen LogP contribution in [0.4, 0.5) is 5.69 Å². The molecule has 0 spiro atoms. The SMILES string of the molecule is c1coc(C2=Nc3ccccc3S[C@H](c3ccc4c(c3)OCO4)C2)c1. The topological polar surface area (TPSA) is 44.0 Å². The molecular weight excluding hydrogens is 334 g/mol. The number of thioether (sulfide) groups is 1. The van der Waals surface area contributed by atoms with Crippen LogP contribution >= 0.6 is 11.8 Å². The second kappa shape index (κ2) is 6.01. The largest absolute Gasteiger partial charge is 0.463 e. The first-order valence-electron chi connectivity index (χ1n) is 8.13. The van der Waals surface area contributed by atoms with Gasteiger partial charge in [-0.3, -0.25) is 0 Å². The second-order valence-corrected chi connectivity index (χ2v) is 7.17. The van der Waals surface area contributed by atoms with Crippen LogP contribution in [0.5, 0.6) is 11.5 Å². The Hall–Kier alpha value is -2.66. The van der Waals surface area contributed by atoms with Crippen LogP contribution in [-0.4, -0.2) is 12.5 Å². The Labute approximate surface area is 149 Å². The highest BCUT2D eigenvalue weighted by molar-refractivity contribution is 7.99. The van der Waals surface area contributed by atoms with E-state index < -0.39 is 0 Å². The molecule has 0 saturated heterocycles. The molecule has 5 heteroatoms. The van der Waals surface area contributed by atoms with Gasteiger partial charge in [0.05, 0.1) is 17.7 Å². The highest BCUT2D eigenvalue weighted by Crippen LogP contribution is 2.47. The molecular formula is C20H15NO3S. The van der Waals surface area contributed by atoms with Crippen molar-refractivity contribution in [2.75, 3.05) is 6.79 Å². The Morgan fingerprint density at radius 2 is 1.88 bits per heavy atom. The average molecular weight is 349 g/mol. The lowest BCUT2D eigenvalue weighted by Gasteiger charge is -2.16. The maximum atomic E-state index is 5.62. The van der Waals surface area contributed by atoms with E-state index in [1.807, 2.05) is 42.1 Å². The zero-order valence-electron chi connectivity index (χ0n) is 13.3. The van der Waals surface area contributed by atoms with Gasteiger partial charge in [-0.1, -0.05) is 18.2 Å². The van der Waals surface area contributed by atoms with Crippen LogP contribution in [0.3, 0.4) is 0 Å². The summed E-state index contributed by atoms with van der Waals surface area (Å²) in [5.74, 6) is 2.44. The first-order valence-corrected chi connectivity index (χ1v) is 9.01. The lowest BCUT2D eigenvalue weighted by molar-refractivity contribution is 0.174. The molecule has 3 heterocycles. The van der Waals surface area contributed by atoms with Crippen LogP contribution in [0.1, 0.15) is 23.0 Å². The molecule has 1 aromatic heterocycles. The number of hydrogen-bond acceptors (Lipinski definition) is 5. The molecule has 124 valence electrons. The zero-order valence-corrected chi connectivity index (χ0v) is 14.2. The summed E-state index contributed by atoms with van der Waals surface area (Å²) in [5.41, 5.74) is 3.15. The van der Waals surface area contributed by atoms with Crippen molar-refractivity contribution in [3.63, 3.8) is 0 Å². The van der Waals surface area contributed by atoms with Crippen LogP contribution in [0.25, 0.3) is 0 Å². The fraction of sp³-hybridized carbons (Fsp3) is 0.150. The minimum absolute atomic E-state index is 0.224. The molecule has 2 aliphatic heterocycles. The maximum absolute atomic E-state index is 5.62. The van der Waals surface area contributed by atoms with Crippen molar-refractivity contribution >= 4 is 23.2 Å². The molecule has 0 bridgehead atoms. The number of ether oxygens (including phenoxy) is 2. The van der Waals surface area contributed by atoms with Crippen molar-refractivity contribution in [1.29, 1.82) is 0 Å². The van der Waals surface area contributed by atoms with Gasteiger partial charge >= 0.3 is 0 Å². The first-order chi connectivity index (χ1) is 12.4. The third-order valence-corrected chi connectivity index (χ3v) is 5.67. The number of benzene rings is 2. The lowest BCUT2D eigenvalue weighted by atomic mass is 10.0. The molecule has 4 nitrogen and oxygen atoms in total. The summed E-state index contributed by atoms with van der Waals surface area (Å²) in [7, 11) is 0. The van der Waals surface area contributed by atoms with Crippen molar-refractivity contribution in [2.45, 2.75) is 16.6 Å². The van der Waals surface area contributed by atoms with Crippen molar-refractivity contribution in [2.24, 2.45) is 4.99 Å². The molecule has 25 heavy (non-hydrogen) atoms. The summed E-state index contributed by atoms with van der Waals surface area (Å²) in [5, 5.41) is 0.224. The fourth-order valence-electron chi connectivity index (χ4n) is 3.11. The lowest BCUT2D eigenvalue weighted by Crippen LogP contribution is -2.04. The molecule has 0 aliphatic carbocycles. The molecule has 2 aromatic carbocycles. The van der Waals surface area contributed by atoms with Crippen LogP contribution in [0.15, 0.2) is 75.2 Å². The van der Waals surface area contributed by atoms with Gasteiger partial charge in [0.15, 0.2) is 11.5 Å². The monoisotopic (exact) mass is 349 g/mol. The van der Waals surface area contributed by atoms with E-state index in [-0.39, 0.29) is 5.25 Å². The van der Waals surface area contributed by atoms with E-state index in [9.17, 15) is 0 Å². The van der Waals surface area contributed by atoms with Gasteiger partial charge in [0.2, 0.25) is 6.79 Å². The smallest absolute Gasteiger partial charge is 0.231 e. The van der Waals surface area contributed by atoms with Crippen LogP contribution in [-0.2, 0) is 0 Å². The Morgan fingerprint density at radius 1 is 0.960 bits per heavy atom. The Kier molecular flexibility index (Phi) is 3.52. The Morgan fingerprint density at radius 3 is 2.80 bits per heavy atom. The normalized spacial score (nSPS) is 18.4. The maximum Gasteiger partial charge on any atom is 0.231 e. The van der Waals surface area contributed by atoms with Gasteiger partial charge in [-0.15, -0.1) is 11.8 Å². The number of aliphatic imine (C=N–C) groups is 1. The molecule has 0 N–H and O–H groups in total. The fourth-order valence-corrected chi connectivity index (χ4v) is 4.33. The van der Waals surface area contributed by atoms with Gasteiger partial charge < -0.3 is 13.9 Å². The quantitative estimate of drug-likeness (QED) is 0.624. The standard InChI is InChI=1S/C20H15NO3S/c1-2-6-19-14(4-1)21-15(16-5-3-9-22-16)11-20(25-19)13-7-8-17-18(10-13)24-12-23-17/h1-10,20H,11-12H2/t20-/m0/s1. The second-order valence-electron chi connectivity index (χ2n) is 5.93. The third-order valence-electron chi connectivity index (χ3n) is 4.34. The molecule has 0 radical (unpaired) electrons. The van der Waals surface area contributed by atoms with Gasteiger partial charge in [-0.25, -0.2) is 4.99 Å². The van der Waals surface area contributed by atoms with Crippen LogP contribution < -0.4 is 9.47 Å². The third kappa shape index (κ3) is 2.70. The zero-order chi connectivity index (χ0) is 16.6. The van der Waals surface area contributed by atoms with Crippen molar-refractivity contribution in [1.82, 2.24) is 0 Å². The van der Waals surface area contributed by atoms with E-state index in [0.29, 0.717) is 6.79 Å². The van der Waals surface area contributed by atoms with Gasteiger partial charge in [-0.2, -0.15) is 0 Å². The highest BCUT2D eigenvalue weighted by Gasteiger charge is 2.25. The molecule has 0 amide bonds. The number of furan rings is 1. The van der Waals surface area contributed by atoms with E-state index in [0.717, 1.165) is 35.1 Å². The number of nitrogens with zero attached hydrogens (tertiary/aromatic N) is 1. The van der Waals surface area contributed by atoms with E-state index in [1.54, 1.807) is 6.26 Å². The van der Waals surface area contributed by atoms with Crippen molar-refractivity contribution in [3.8, 4) is 11.5 Å². The van der Waals surface area contributed by atoms with Gasteiger partial charge in [0.1, 0.15) is 5.76 Å². The highest BCUT2D eigenvalue weighted by atomic mass is 32.2. The van der Waals surface area contributed by atoms with Crippen LogP contribution in [0, 0.1) is 0 Å². The summed E-state index contributed by atoms with van der Waals surface area (Å²) in [6.07, 6.45) is 2.48. The molecule has 5 rings (SSSR count). The number of para-hydroxylation sites is 1. The van der Waals surface area contributed by atoms with Crippen molar-refractivity contribution in [3.05, 3.63) is 72.2 Å². The van der Waals surface area contributed by atoms with Crippen LogP contribution in [0.2, 0.25) is 0 Å². The number of rotatable bonds is 2. The minimum Gasteiger partial charge on any atom is -0.463 e. The molecule has 3 aromatic rings.